The van der Waals surface area contributed by atoms with Gasteiger partial charge < -0.3 is 5.32 Å². The third-order valence-corrected chi connectivity index (χ3v) is 3.22. The lowest BCUT2D eigenvalue weighted by Crippen LogP contribution is -2.16. The molecule has 0 saturated carbocycles. The summed E-state index contributed by atoms with van der Waals surface area (Å²) in [5, 5.41) is 8.03. The molecule has 0 saturated heterocycles. The molecule has 1 atom stereocenters. The highest BCUT2D eigenvalue weighted by Crippen LogP contribution is 2.18. The second-order valence-corrected chi connectivity index (χ2v) is 4.75. The van der Waals surface area contributed by atoms with E-state index in [-0.39, 0.29) is 0 Å². The monoisotopic (exact) mass is 237 g/mol. The summed E-state index contributed by atoms with van der Waals surface area (Å²) >= 11 is 0. The minimum absolute atomic E-state index is 0.511. The van der Waals surface area contributed by atoms with Crippen LogP contribution in [0.2, 0.25) is 0 Å². The molecule has 1 unspecified atom stereocenters. The molecule has 0 aliphatic rings. The summed E-state index contributed by atoms with van der Waals surface area (Å²) in [6.07, 6.45) is 6.68. The molecule has 1 heterocycles. The van der Waals surface area contributed by atoms with E-state index in [1.54, 1.807) is 0 Å². The molecule has 1 N–H and O–H groups in total. The normalized spacial score (nSPS) is 12.9. The molecule has 1 aromatic rings. The maximum absolute atomic E-state index is 4.56. The Bertz CT molecular complexity index is 317. The average molecular weight is 237 g/mol. The fraction of sp³-hybridized carbons (Fsp3) is 0.786. The molecule has 3 heteroatoms. The Hall–Kier alpha value is -0.830. The van der Waals surface area contributed by atoms with Crippen LogP contribution in [0.1, 0.15) is 64.3 Å². The van der Waals surface area contributed by atoms with Crippen LogP contribution in [-0.4, -0.2) is 16.3 Å². The predicted molar refractivity (Wildman–Crippen MR) is 73.2 cm³/mol. The van der Waals surface area contributed by atoms with Gasteiger partial charge in [0, 0.05) is 23.8 Å². The first kappa shape index (κ1) is 14.2. The van der Waals surface area contributed by atoms with Crippen LogP contribution in [-0.2, 0) is 13.0 Å². The van der Waals surface area contributed by atoms with Crippen LogP contribution < -0.4 is 5.32 Å². The van der Waals surface area contributed by atoms with E-state index in [0.717, 1.165) is 25.9 Å². The smallest absolute Gasteiger partial charge is 0.0537 e. The Morgan fingerprint density at radius 3 is 2.65 bits per heavy atom. The van der Waals surface area contributed by atoms with Gasteiger partial charge in [0.05, 0.1) is 6.20 Å². The molecule has 0 spiro atoms. The van der Waals surface area contributed by atoms with Crippen LogP contribution >= 0.6 is 0 Å². The molecule has 17 heavy (non-hydrogen) atoms. The van der Waals surface area contributed by atoms with Gasteiger partial charge in [-0.3, -0.25) is 4.68 Å². The fourth-order valence-electron chi connectivity index (χ4n) is 2.04. The van der Waals surface area contributed by atoms with Crippen molar-refractivity contribution >= 4 is 0 Å². The molecule has 0 aliphatic carbocycles. The Morgan fingerprint density at radius 1 is 1.29 bits per heavy atom. The Balaban J connectivity index is 2.78. The third kappa shape index (κ3) is 3.84. The highest BCUT2D eigenvalue weighted by molar-refractivity contribution is 5.18. The number of rotatable bonds is 8. The number of hydrogen-bond acceptors (Lipinski definition) is 2. The van der Waals surface area contributed by atoms with Gasteiger partial charge in [0.1, 0.15) is 0 Å². The average Bonchev–Trinajstić information content (AvgIpc) is 2.73. The van der Waals surface area contributed by atoms with Crippen molar-refractivity contribution in [2.75, 3.05) is 6.54 Å². The van der Waals surface area contributed by atoms with E-state index in [9.17, 15) is 0 Å². The lowest BCUT2D eigenvalue weighted by atomic mass is 10.1. The number of hydrogen-bond donors (Lipinski definition) is 1. The van der Waals surface area contributed by atoms with Crippen LogP contribution in [0, 0.1) is 0 Å². The number of nitrogens with one attached hydrogen (secondary N) is 1. The summed E-state index contributed by atoms with van der Waals surface area (Å²) in [5.74, 6) is 0. The lowest BCUT2D eigenvalue weighted by molar-refractivity contribution is 0.457. The first-order valence-corrected chi connectivity index (χ1v) is 7.00. The van der Waals surface area contributed by atoms with Crippen LogP contribution in [0.25, 0.3) is 0 Å². The zero-order valence-corrected chi connectivity index (χ0v) is 11.8. The van der Waals surface area contributed by atoms with Gasteiger partial charge in [0.2, 0.25) is 0 Å². The van der Waals surface area contributed by atoms with Gasteiger partial charge in [0.25, 0.3) is 0 Å². The van der Waals surface area contributed by atoms with E-state index >= 15 is 0 Å². The summed E-state index contributed by atoms with van der Waals surface area (Å²) in [6, 6.07) is 0.511. The van der Waals surface area contributed by atoms with Gasteiger partial charge >= 0.3 is 0 Å². The molecule has 1 rings (SSSR count). The molecule has 0 radical (unpaired) electrons. The summed E-state index contributed by atoms with van der Waals surface area (Å²) in [5.41, 5.74) is 2.80. The molecule has 0 amide bonds. The van der Waals surface area contributed by atoms with Crippen molar-refractivity contribution in [3.63, 3.8) is 0 Å². The molecule has 98 valence electrons. The third-order valence-electron chi connectivity index (χ3n) is 3.22. The maximum Gasteiger partial charge on any atom is 0.0537 e. The van der Waals surface area contributed by atoms with Crippen molar-refractivity contribution in [3.8, 4) is 0 Å². The van der Waals surface area contributed by atoms with Crippen molar-refractivity contribution in [1.29, 1.82) is 0 Å². The van der Waals surface area contributed by atoms with Gasteiger partial charge in [-0.05, 0) is 32.7 Å². The van der Waals surface area contributed by atoms with Gasteiger partial charge in [-0.25, -0.2) is 0 Å². The summed E-state index contributed by atoms with van der Waals surface area (Å²) in [6.45, 7) is 10.9. The minimum atomic E-state index is 0.511. The van der Waals surface area contributed by atoms with Crippen LogP contribution in [0.4, 0.5) is 0 Å². The molecular weight excluding hydrogens is 210 g/mol. The van der Waals surface area contributed by atoms with E-state index in [1.807, 2.05) is 6.20 Å². The second kappa shape index (κ2) is 7.49. The molecule has 0 fully saturated rings. The zero-order chi connectivity index (χ0) is 12.7. The lowest BCUT2D eigenvalue weighted by Gasteiger charge is -2.14. The van der Waals surface area contributed by atoms with Crippen molar-refractivity contribution in [3.05, 3.63) is 17.5 Å². The Morgan fingerprint density at radius 2 is 2.06 bits per heavy atom. The van der Waals surface area contributed by atoms with Crippen molar-refractivity contribution in [1.82, 2.24) is 15.1 Å². The Labute approximate surface area is 106 Å². The Kier molecular flexibility index (Phi) is 6.27. The van der Waals surface area contributed by atoms with E-state index in [0.29, 0.717) is 6.04 Å². The molecule has 3 nitrogen and oxygen atoms in total. The quantitative estimate of drug-likeness (QED) is 0.703. The van der Waals surface area contributed by atoms with Gasteiger partial charge in [0.15, 0.2) is 0 Å². The molecular formula is C14H27N3. The highest BCUT2D eigenvalue weighted by atomic mass is 15.3. The van der Waals surface area contributed by atoms with Crippen molar-refractivity contribution in [2.24, 2.45) is 0 Å². The molecule has 1 aromatic heterocycles. The van der Waals surface area contributed by atoms with Gasteiger partial charge in [-0.2, -0.15) is 5.10 Å². The number of nitrogens with zero attached hydrogens (tertiary/aromatic N) is 2. The molecule has 0 aliphatic heterocycles. The molecule has 0 aromatic carbocycles. The van der Waals surface area contributed by atoms with E-state index in [4.69, 9.17) is 0 Å². The van der Waals surface area contributed by atoms with E-state index < -0.39 is 0 Å². The maximum atomic E-state index is 4.56. The summed E-state index contributed by atoms with van der Waals surface area (Å²) in [4.78, 5) is 0. The minimum Gasteiger partial charge on any atom is -0.313 e. The van der Waals surface area contributed by atoms with Crippen LogP contribution in [0.15, 0.2) is 6.20 Å². The second-order valence-electron chi connectivity index (χ2n) is 4.75. The SMILES string of the molecule is CCCNCc1cnn(C(C)CC)c1CCC. The zero-order valence-electron chi connectivity index (χ0n) is 11.8. The molecule has 0 bridgehead atoms. The standard InChI is InChI=1S/C14H27N3/c1-5-8-14-13(10-15-9-6-2)11-16-17(14)12(4)7-3/h11-12,15H,5-10H2,1-4H3. The number of aromatic nitrogens is 2. The summed E-state index contributed by atoms with van der Waals surface area (Å²) in [7, 11) is 0. The first-order valence-electron chi connectivity index (χ1n) is 7.00. The van der Waals surface area contributed by atoms with Crippen molar-refractivity contribution < 1.29 is 0 Å². The van der Waals surface area contributed by atoms with Gasteiger partial charge in [-0.1, -0.05) is 27.2 Å². The van der Waals surface area contributed by atoms with Gasteiger partial charge in [-0.15, -0.1) is 0 Å². The van der Waals surface area contributed by atoms with E-state index in [2.05, 4.69) is 42.8 Å². The highest BCUT2D eigenvalue weighted by Gasteiger charge is 2.13. The predicted octanol–water partition coefficient (Wildman–Crippen LogP) is 3.31. The fourth-order valence-corrected chi connectivity index (χ4v) is 2.04. The summed E-state index contributed by atoms with van der Waals surface area (Å²) < 4.78 is 2.21. The van der Waals surface area contributed by atoms with Crippen LogP contribution in [0.3, 0.4) is 0 Å². The van der Waals surface area contributed by atoms with Crippen molar-refractivity contribution in [2.45, 2.75) is 66.0 Å². The van der Waals surface area contributed by atoms with E-state index in [1.165, 1.54) is 24.1 Å². The largest absolute Gasteiger partial charge is 0.313 e. The first-order chi connectivity index (χ1) is 8.24. The van der Waals surface area contributed by atoms with Crippen LogP contribution in [0.5, 0.6) is 0 Å². The topological polar surface area (TPSA) is 29.9 Å².